The number of aliphatic hydroxyl groups is 1. The minimum Gasteiger partial charge on any atom is -0.388 e. The molecule has 0 spiro atoms. The number of piperidine rings is 1. The third kappa shape index (κ3) is 3.20. The summed E-state index contributed by atoms with van der Waals surface area (Å²) in [5.74, 6) is 0.748. The molecule has 1 aliphatic heterocycles. The number of H-pyrrole nitrogens is 1. The molecule has 2 atom stereocenters. The molecule has 3 rings (SSSR count). The van der Waals surface area contributed by atoms with Crippen LogP contribution < -0.4 is 11.2 Å². The fourth-order valence-electron chi connectivity index (χ4n) is 3.15. The summed E-state index contributed by atoms with van der Waals surface area (Å²) in [6.07, 6.45) is 2.03. The highest BCUT2D eigenvalue weighted by Gasteiger charge is 2.39. The lowest BCUT2D eigenvalue weighted by Crippen LogP contribution is -2.53. The van der Waals surface area contributed by atoms with Crippen LogP contribution in [0.5, 0.6) is 0 Å². The Bertz CT molecular complexity index is 848. The van der Waals surface area contributed by atoms with E-state index in [4.69, 9.17) is 4.52 Å². The summed E-state index contributed by atoms with van der Waals surface area (Å²) in [6, 6.07) is 1.42. The summed E-state index contributed by atoms with van der Waals surface area (Å²) < 4.78 is 6.51. The van der Waals surface area contributed by atoms with E-state index in [1.54, 1.807) is 13.8 Å². The van der Waals surface area contributed by atoms with Crippen LogP contribution in [-0.4, -0.2) is 43.4 Å². The van der Waals surface area contributed by atoms with E-state index >= 15 is 0 Å². The lowest BCUT2D eigenvalue weighted by atomic mass is 9.88. The molecule has 8 heteroatoms. The van der Waals surface area contributed by atoms with Crippen molar-refractivity contribution < 1.29 is 9.63 Å². The van der Waals surface area contributed by atoms with Gasteiger partial charge in [0.1, 0.15) is 5.76 Å². The largest absolute Gasteiger partial charge is 0.388 e. The lowest BCUT2D eigenvalue weighted by molar-refractivity contribution is -0.0546. The van der Waals surface area contributed by atoms with E-state index in [0.29, 0.717) is 31.6 Å². The fraction of sp³-hybridized carbons (Fsp3) is 0.562. The van der Waals surface area contributed by atoms with E-state index < -0.39 is 22.9 Å². The second kappa shape index (κ2) is 6.03. The molecule has 1 fully saturated rings. The Morgan fingerprint density at radius 1 is 1.46 bits per heavy atom. The van der Waals surface area contributed by atoms with E-state index in [1.807, 2.05) is 13.0 Å². The third-order valence-corrected chi connectivity index (χ3v) is 4.63. The smallest absolute Gasteiger partial charge is 0.328 e. The van der Waals surface area contributed by atoms with Gasteiger partial charge < -0.3 is 9.63 Å². The predicted octanol–water partition coefficient (Wildman–Crippen LogP) is 0.339. The summed E-state index contributed by atoms with van der Waals surface area (Å²) in [7, 11) is 0. The zero-order valence-corrected chi connectivity index (χ0v) is 14.1. The molecule has 0 radical (unpaired) electrons. The zero-order chi connectivity index (χ0) is 17.5. The normalized spacial score (nSPS) is 25.1. The number of rotatable bonds is 3. The van der Waals surface area contributed by atoms with Crippen molar-refractivity contribution in [3.05, 3.63) is 50.1 Å². The van der Waals surface area contributed by atoms with Crippen LogP contribution >= 0.6 is 0 Å². The van der Waals surface area contributed by atoms with Crippen molar-refractivity contribution in [1.82, 2.24) is 19.6 Å². The molecule has 24 heavy (non-hydrogen) atoms. The molecule has 8 nitrogen and oxygen atoms in total. The average Bonchev–Trinajstić information content (AvgIpc) is 2.90. The Kier molecular flexibility index (Phi) is 4.18. The van der Waals surface area contributed by atoms with Gasteiger partial charge in [-0.15, -0.1) is 0 Å². The number of hydrogen-bond acceptors (Lipinski definition) is 6. The Balaban J connectivity index is 1.88. The SMILES string of the molecule is Cc1cc(CN2CC[C@@](C)(O)[C@H](n3cc(C)c(=O)[nH]c3=O)C2)no1. The highest BCUT2D eigenvalue weighted by molar-refractivity contribution is 5.07. The number of nitrogens with one attached hydrogen (secondary N) is 1. The minimum absolute atomic E-state index is 0.401. The Morgan fingerprint density at radius 3 is 2.88 bits per heavy atom. The summed E-state index contributed by atoms with van der Waals surface area (Å²) >= 11 is 0. The van der Waals surface area contributed by atoms with Crippen molar-refractivity contribution in [2.45, 2.75) is 45.4 Å². The van der Waals surface area contributed by atoms with Gasteiger partial charge in [0.25, 0.3) is 5.56 Å². The van der Waals surface area contributed by atoms with Gasteiger partial charge in [-0.25, -0.2) is 4.79 Å². The van der Waals surface area contributed by atoms with Crippen molar-refractivity contribution in [2.24, 2.45) is 0 Å². The number of likely N-dealkylation sites (tertiary alicyclic amines) is 1. The Labute approximate surface area is 138 Å². The lowest BCUT2D eigenvalue weighted by Gasteiger charge is -2.43. The van der Waals surface area contributed by atoms with Gasteiger partial charge in [-0.1, -0.05) is 5.16 Å². The first kappa shape index (κ1) is 16.7. The van der Waals surface area contributed by atoms with E-state index in [-0.39, 0.29) is 0 Å². The second-order valence-corrected chi connectivity index (χ2v) is 6.77. The maximum atomic E-state index is 12.2. The topological polar surface area (TPSA) is 104 Å². The van der Waals surface area contributed by atoms with Crippen molar-refractivity contribution in [3.63, 3.8) is 0 Å². The minimum atomic E-state index is -1.04. The molecule has 2 aromatic rings. The van der Waals surface area contributed by atoms with Crippen LogP contribution in [0.4, 0.5) is 0 Å². The highest BCUT2D eigenvalue weighted by atomic mass is 16.5. The van der Waals surface area contributed by atoms with E-state index in [0.717, 1.165) is 11.5 Å². The summed E-state index contributed by atoms with van der Waals surface area (Å²) in [5.41, 5.74) is -0.686. The first-order valence-electron chi connectivity index (χ1n) is 7.95. The highest BCUT2D eigenvalue weighted by Crippen LogP contribution is 2.31. The maximum Gasteiger partial charge on any atom is 0.328 e. The summed E-state index contributed by atoms with van der Waals surface area (Å²) in [5, 5.41) is 14.7. The third-order valence-electron chi connectivity index (χ3n) is 4.63. The maximum absolute atomic E-state index is 12.2. The van der Waals surface area contributed by atoms with Crippen molar-refractivity contribution in [3.8, 4) is 0 Å². The number of hydrogen-bond donors (Lipinski definition) is 2. The van der Waals surface area contributed by atoms with Crippen LogP contribution in [0.25, 0.3) is 0 Å². The van der Waals surface area contributed by atoms with Crippen LogP contribution in [0.3, 0.4) is 0 Å². The molecular formula is C16H22N4O4. The summed E-state index contributed by atoms with van der Waals surface area (Å²) in [6.45, 7) is 6.95. The van der Waals surface area contributed by atoms with Crippen LogP contribution in [0.2, 0.25) is 0 Å². The van der Waals surface area contributed by atoms with Crippen molar-refractivity contribution in [2.75, 3.05) is 13.1 Å². The van der Waals surface area contributed by atoms with Gasteiger partial charge in [0.05, 0.1) is 17.3 Å². The molecule has 0 saturated carbocycles. The molecule has 2 aromatic heterocycles. The molecule has 0 aromatic carbocycles. The Hall–Kier alpha value is -2.19. The number of aryl methyl sites for hydroxylation is 2. The van der Waals surface area contributed by atoms with E-state index in [2.05, 4.69) is 15.0 Å². The molecule has 0 amide bonds. The summed E-state index contributed by atoms with van der Waals surface area (Å²) in [4.78, 5) is 28.2. The molecule has 0 bridgehead atoms. The first-order chi connectivity index (χ1) is 11.3. The molecule has 0 aliphatic carbocycles. The zero-order valence-electron chi connectivity index (χ0n) is 14.1. The van der Waals surface area contributed by atoms with Gasteiger partial charge in [0, 0.05) is 37.5 Å². The quantitative estimate of drug-likeness (QED) is 0.839. The molecule has 3 heterocycles. The van der Waals surface area contributed by atoms with Gasteiger partial charge in [0.2, 0.25) is 0 Å². The number of aromatic amines is 1. The van der Waals surface area contributed by atoms with Gasteiger partial charge >= 0.3 is 5.69 Å². The van der Waals surface area contributed by atoms with E-state index in [9.17, 15) is 14.7 Å². The van der Waals surface area contributed by atoms with Crippen LogP contribution in [0.1, 0.15) is 36.4 Å². The molecule has 0 unspecified atom stereocenters. The van der Waals surface area contributed by atoms with Crippen molar-refractivity contribution >= 4 is 0 Å². The average molecular weight is 334 g/mol. The van der Waals surface area contributed by atoms with Gasteiger partial charge in [-0.2, -0.15) is 0 Å². The van der Waals surface area contributed by atoms with E-state index in [1.165, 1.54) is 10.8 Å². The van der Waals surface area contributed by atoms with Gasteiger partial charge in [0.15, 0.2) is 0 Å². The standard InChI is InChI=1S/C16H22N4O4/c1-10-7-20(15(22)17-14(10)21)13-9-19(5-4-16(13,3)23)8-12-6-11(2)24-18-12/h6-7,13,23H,4-5,8-9H2,1-3H3,(H,17,21,22)/t13-,16-/m1/s1. The molecule has 130 valence electrons. The van der Waals surface area contributed by atoms with Crippen LogP contribution in [-0.2, 0) is 6.54 Å². The molecule has 1 saturated heterocycles. The number of aromatic nitrogens is 3. The number of nitrogens with zero attached hydrogens (tertiary/aromatic N) is 3. The fourth-order valence-corrected chi connectivity index (χ4v) is 3.15. The van der Waals surface area contributed by atoms with Crippen LogP contribution in [0.15, 0.2) is 26.4 Å². The van der Waals surface area contributed by atoms with Gasteiger partial charge in [-0.05, 0) is 27.2 Å². The van der Waals surface area contributed by atoms with Crippen LogP contribution in [0, 0.1) is 13.8 Å². The monoisotopic (exact) mass is 334 g/mol. The Morgan fingerprint density at radius 2 is 2.21 bits per heavy atom. The predicted molar refractivity (Wildman–Crippen MR) is 86.9 cm³/mol. The first-order valence-corrected chi connectivity index (χ1v) is 7.95. The molecule has 2 N–H and O–H groups in total. The van der Waals surface area contributed by atoms with Gasteiger partial charge in [-0.3, -0.25) is 19.2 Å². The molecular weight excluding hydrogens is 312 g/mol. The molecule has 1 aliphatic rings. The van der Waals surface area contributed by atoms with Crippen molar-refractivity contribution in [1.29, 1.82) is 0 Å². The second-order valence-electron chi connectivity index (χ2n) is 6.77.